The first-order valence-corrected chi connectivity index (χ1v) is 14.5. The zero-order chi connectivity index (χ0) is 30.7. The molecule has 0 amide bonds. The Morgan fingerprint density at radius 1 is 1.05 bits per heavy atom. The minimum Gasteiger partial charge on any atom is -0.507 e. The van der Waals surface area contributed by atoms with Crippen LogP contribution in [0.3, 0.4) is 0 Å². The summed E-state index contributed by atoms with van der Waals surface area (Å²) in [5, 5.41) is 32.0. The van der Waals surface area contributed by atoms with Crippen LogP contribution in [-0.2, 0) is 27.2 Å². The molecule has 3 heterocycles. The second-order valence-corrected chi connectivity index (χ2v) is 13.7. The molecule has 3 aliphatic carbocycles. The maximum Gasteiger partial charge on any atom is 0.330 e. The normalized spacial score (nSPS) is 33.1. The van der Waals surface area contributed by atoms with Gasteiger partial charge in [0.25, 0.3) is 0 Å². The van der Waals surface area contributed by atoms with Crippen molar-refractivity contribution >= 4 is 17.5 Å². The summed E-state index contributed by atoms with van der Waals surface area (Å²) in [5.41, 5.74) is -2.83. The number of ketones is 2. The van der Waals surface area contributed by atoms with Gasteiger partial charge in [-0.25, -0.2) is 4.79 Å². The molecule has 42 heavy (non-hydrogen) atoms. The van der Waals surface area contributed by atoms with Crippen LogP contribution in [0, 0.1) is 11.8 Å². The number of hydrogen-bond donors (Lipinski definition) is 3. The number of aromatic hydroxyl groups is 1. The lowest BCUT2D eigenvalue weighted by atomic mass is 9.51. The fourth-order valence-electron chi connectivity index (χ4n) is 7.71. The monoisotopic (exact) mass is 578 g/mol. The number of aliphatic hydroxyl groups excluding tert-OH is 1. The second kappa shape index (κ2) is 8.80. The highest BCUT2D eigenvalue weighted by molar-refractivity contribution is 6.18. The summed E-state index contributed by atoms with van der Waals surface area (Å²) in [6.45, 7) is 12.6. The van der Waals surface area contributed by atoms with Gasteiger partial charge in [-0.2, -0.15) is 0 Å². The molecule has 3 N–H and O–H groups in total. The Morgan fingerprint density at radius 3 is 2.38 bits per heavy atom. The number of fused-ring (bicyclic) bond motifs is 2. The van der Waals surface area contributed by atoms with E-state index in [4.69, 9.17) is 14.2 Å². The molecule has 5 atom stereocenters. The number of carboxylic acids is 1. The number of phenolic OH excluding ortho intramolecular Hbond substituents is 1. The Balaban J connectivity index is 1.65. The van der Waals surface area contributed by atoms with Crippen LogP contribution in [-0.4, -0.2) is 61.4 Å². The Bertz CT molecular complexity index is 1550. The number of aliphatic hydroxyl groups is 1. The number of Topliss-reactive ketones (excluding diaryl/α,β-unsaturated/α-hetero) is 2. The third-order valence-corrected chi connectivity index (χ3v) is 9.98. The molecule has 1 saturated carbocycles. The van der Waals surface area contributed by atoms with Crippen LogP contribution in [0.2, 0.25) is 0 Å². The van der Waals surface area contributed by atoms with Crippen LogP contribution in [0.15, 0.2) is 34.9 Å². The van der Waals surface area contributed by atoms with Crippen molar-refractivity contribution in [3.05, 3.63) is 51.6 Å². The van der Waals surface area contributed by atoms with Crippen molar-refractivity contribution in [2.75, 3.05) is 0 Å². The van der Waals surface area contributed by atoms with E-state index in [1.54, 1.807) is 19.9 Å². The molecule has 4 bridgehead atoms. The summed E-state index contributed by atoms with van der Waals surface area (Å²) in [7, 11) is 0. The second-order valence-electron chi connectivity index (χ2n) is 13.7. The Kier molecular flexibility index (Phi) is 6.01. The Labute approximate surface area is 244 Å². The zero-order valence-corrected chi connectivity index (χ0v) is 25.1. The molecule has 2 fully saturated rings. The number of allylic oxidation sites excluding steroid dienone is 3. The summed E-state index contributed by atoms with van der Waals surface area (Å²) in [6.07, 6.45) is 4.91. The van der Waals surface area contributed by atoms with Gasteiger partial charge in [-0.1, -0.05) is 23.8 Å². The number of ether oxygens (including phenoxy) is 3. The van der Waals surface area contributed by atoms with Gasteiger partial charge in [-0.15, -0.1) is 0 Å². The smallest absolute Gasteiger partial charge is 0.330 e. The van der Waals surface area contributed by atoms with Crippen molar-refractivity contribution in [2.24, 2.45) is 11.8 Å². The van der Waals surface area contributed by atoms with Crippen LogP contribution in [0.4, 0.5) is 0 Å². The first-order valence-electron chi connectivity index (χ1n) is 14.5. The van der Waals surface area contributed by atoms with Gasteiger partial charge in [0.15, 0.2) is 22.8 Å². The van der Waals surface area contributed by atoms with Crippen molar-refractivity contribution in [2.45, 2.75) is 103 Å². The van der Waals surface area contributed by atoms with Gasteiger partial charge in [-0.05, 0) is 61.3 Å². The Morgan fingerprint density at radius 2 is 1.74 bits per heavy atom. The van der Waals surface area contributed by atoms with Crippen LogP contribution in [0.1, 0.15) is 82.8 Å². The molecule has 3 aliphatic heterocycles. The van der Waals surface area contributed by atoms with Crippen LogP contribution in [0.5, 0.6) is 17.2 Å². The van der Waals surface area contributed by atoms with Crippen molar-refractivity contribution in [3.63, 3.8) is 0 Å². The highest BCUT2D eigenvalue weighted by Crippen LogP contribution is 2.68. The fourth-order valence-corrected chi connectivity index (χ4v) is 7.71. The molecule has 224 valence electrons. The summed E-state index contributed by atoms with van der Waals surface area (Å²) >= 11 is 0. The fraction of sp³-hybridized carbons (Fsp3) is 0.545. The molecule has 0 radical (unpaired) electrons. The summed E-state index contributed by atoms with van der Waals surface area (Å²) < 4.78 is 20.0. The van der Waals surface area contributed by atoms with E-state index in [1.165, 1.54) is 13.0 Å². The van der Waals surface area contributed by atoms with Gasteiger partial charge in [0.2, 0.25) is 0 Å². The summed E-state index contributed by atoms with van der Waals surface area (Å²) in [5.74, 6) is -2.64. The predicted octanol–water partition coefficient (Wildman–Crippen LogP) is 4.40. The number of carbonyl (C=O) groups is 3. The van der Waals surface area contributed by atoms with E-state index < -0.39 is 52.1 Å². The van der Waals surface area contributed by atoms with Gasteiger partial charge in [0, 0.05) is 47.0 Å². The molecule has 9 heteroatoms. The molecule has 9 nitrogen and oxygen atoms in total. The van der Waals surface area contributed by atoms with E-state index in [1.807, 2.05) is 33.8 Å². The molecule has 2 unspecified atom stereocenters. The first-order chi connectivity index (χ1) is 19.5. The van der Waals surface area contributed by atoms with Gasteiger partial charge >= 0.3 is 5.97 Å². The van der Waals surface area contributed by atoms with Crippen molar-refractivity contribution in [1.29, 1.82) is 0 Å². The minimum atomic E-state index is -1.64. The highest BCUT2D eigenvalue weighted by Gasteiger charge is 2.81. The molecule has 7 rings (SSSR count). The maximum atomic E-state index is 14.6. The standard InChI is InChI=1S/C33H38O9/c1-15(2)8-9-18-26-19(14-22(34)31(6,7)40-26)24(35)23-25(36)20-12-17-13-21-30(4,5)42-32(28(17)37,11-10-16(3)29(38)39)33(20,21)41-27(18)23/h8,10,12,17,21-22,34-35H,9,11,13-14H2,1-7H3,(H,38,39)/b16-10+/t17-,21?,22?,32+,33-/m1/s1. The lowest BCUT2D eigenvalue weighted by Crippen LogP contribution is -2.72. The lowest BCUT2D eigenvalue weighted by Gasteiger charge is -2.56. The maximum absolute atomic E-state index is 14.6. The van der Waals surface area contributed by atoms with Crippen LogP contribution < -0.4 is 9.47 Å². The topological polar surface area (TPSA) is 140 Å². The lowest BCUT2D eigenvalue weighted by molar-refractivity contribution is -0.171. The molecular formula is C33H38O9. The van der Waals surface area contributed by atoms with Gasteiger partial charge in [0.05, 0.1) is 11.7 Å². The van der Waals surface area contributed by atoms with E-state index >= 15 is 0 Å². The van der Waals surface area contributed by atoms with E-state index in [-0.39, 0.29) is 46.8 Å². The molecule has 1 aromatic carbocycles. The molecule has 1 saturated heterocycles. The van der Waals surface area contributed by atoms with Crippen molar-refractivity contribution < 1.29 is 43.9 Å². The molecule has 1 aromatic rings. The quantitative estimate of drug-likeness (QED) is 0.343. The average Bonchev–Trinajstić information content (AvgIpc) is 3.05. The summed E-state index contributed by atoms with van der Waals surface area (Å²) in [4.78, 5) is 40.4. The van der Waals surface area contributed by atoms with Crippen molar-refractivity contribution in [3.8, 4) is 17.2 Å². The molecular weight excluding hydrogens is 540 g/mol. The first kappa shape index (κ1) is 28.7. The molecule has 0 aromatic heterocycles. The molecule has 1 spiro atoms. The number of benzene rings is 1. The number of carboxylic acid groups (broad SMARTS) is 1. The third kappa shape index (κ3) is 3.52. The predicted molar refractivity (Wildman–Crippen MR) is 152 cm³/mol. The average molecular weight is 579 g/mol. The third-order valence-electron chi connectivity index (χ3n) is 9.98. The number of hydrogen-bond acceptors (Lipinski definition) is 8. The number of rotatable bonds is 5. The van der Waals surface area contributed by atoms with E-state index in [0.29, 0.717) is 29.7 Å². The van der Waals surface area contributed by atoms with Gasteiger partial charge in [-0.3, -0.25) is 9.59 Å². The summed E-state index contributed by atoms with van der Waals surface area (Å²) in [6, 6.07) is 0. The van der Waals surface area contributed by atoms with Crippen molar-refractivity contribution in [1.82, 2.24) is 0 Å². The highest BCUT2D eigenvalue weighted by atomic mass is 16.6. The van der Waals surface area contributed by atoms with Crippen LogP contribution >= 0.6 is 0 Å². The number of carbonyl (C=O) groups excluding carboxylic acids is 2. The van der Waals surface area contributed by atoms with Crippen LogP contribution in [0.25, 0.3) is 0 Å². The van der Waals surface area contributed by atoms with E-state index in [0.717, 1.165) is 5.57 Å². The number of aliphatic carboxylic acids is 1. The van der Waals surface area contributed by atoms with E-state index in [9.17, 15) is 29.7 Å². The zero-order valence-electron chi connectivity index (χ0n) is 25.1. The minimum absolute atomic E-state index is 0.0112. The Hall–Kier alpha value is -3.43. The SMILES string of the molecule is CC(C)=CCc1c2c(c(O)c3c1O[C@]14C(=C[C@@H]5CC1C(C)(C)O[C@@]4(C/C=C(\C)C(=O)O)C5=O)C3=O)CC(O)C(C)(C)O2. The largest absolute Gasteiger partial charge is 0.507 e. The van der Waals surface area contributed by atoms with Gasteiger partial charge < -0.3 is 29.5 Å². The number of phenols is 1. The van der Waals surface area contributed by atoms with Gasteiger partial charge in [0.1, 0.15) is 28.4 Å². The van der Waals surface area contributed by atoms with E-state index in [2.05, 4.69) is 0 Å². The molecule has 6 aliphatic rings.